The topological polar surface area (TPSA) is 109 Å². The van der Waals surface area contributed by atoms with Crippen LogP contribution in [0.1, 0.15) is 61.5 Å². The summed E-state index contributed by atoms with van der Waals surface area (Å²) in [7, 11) is 0. The van der Waals surface area contributed by atoms with Gasteiger partial charge in [-0.15, -0.1) is 24.8 Å². The van der Waals surface area contributed by atoms with Crippen molar-refractivity contribution in [1.82, 2.24) is 25.2 Å². The number of nitrogens with one attached hydrogen (secondary N) is 3. The van der Waals surface area contributed by atoms with Gasteiger partial charge in [-0.2, -0.15) is 0 Å². The molecule has 4 rings (SSSR count). The van der Waals surface area contributed by atoms with E-state index in [1.54, 1.807) is 6.07 Å². The van der Waals surface area contributed by atoms with Crippen LogP contribution in [-0.2, 0) is 6.54 Å². The maximum absolute atomic E-state index is 13.1. The van der Waals surface area contributed by atoms with E-state index < -0.39 is 11.2 Å². The van der Waals surface area contributed by atoms with Crippen LogP contribution in [0.5, 0.6) is 0 Å². The van der Waals surface area contributed by atoms with E-state index in [-0.39, 0.29) is 48.1 Å². The molecular weight excluding hydrogens is 429 g/mol. The first-order valence-corrected chi connectivity index (χ1v) is 10.1. The van der Waals surface area contributed by atoms with Crippen molar-refractivity contribution in [3.63, 3.8) is 0 Å². The molecule has 2 fully saturated rings. The highest BCUT2D eigenvalue weighted by Crippen LogP contribution is 2.39. The van der Waals surface area contributed by atoms with Crippen molar-refractivity contribution in [1.29, 1.82) is 0 Å². The van der Waals surface area contributed by atoms with Crippen molar-refractivity contribution in [2.45, 2.75) is 58.0 Å². The molecule has 8 nitrogen and oxygen atoms in total. The van der Waals surface area contributed by atoms with Crippen LogP contribution in [0.4, 0.5) is 0 Å². The lowest BCUT2D eigenvalue weighted by molar-refractivity contribution is 0.0931. The second-order valence-corrected chi connectivity index (χ2v) is 8.33. The lowest BCUT2D eigenvalue weighted by Crippen LogP contribution is -2.43. The van der Waals surface area contributed by atoms with Gasteiger partial charge in [-0.3, -0.25) is 19.1 Å². The Balaban J connectivity index is 0.00000160. The first-order valence-electron chi connectivity index (χ1n) is 10.1. The largest absolute Gasteiger partial charge is 0.349 e. The Morgan fingerprint density at radius 2 is 1.87 bits per heavy atom. The third-order valence-corrected chi connectivity index (χ3v) is 5.43. The average molecular weight is 458 g/mol. The van der Waals surface area contributed by atoms with Crippen LogP contribution >= 0.6 is 24.8 Å². The molecule has 166 valence electrons. The van der Waals surface area contributed by atoms with Gasteiger partial charge < -0.3 is 10.6 Å². The Morgan fingerprint density at radius 3 is 2.47 bits per heavy atom. The van der Waals surface area contributed by atoms with Crippen molar-refractivity contribution in [3.8, 4) is 0 Å². The van der Waals surface area contributed by atoms with Crippen LogP contribution < -0.4 is 21.9 Å². The Kier molecular flexibility index (Phi) is 8.07. The molecular formula is C20H29Cl2N5O3. The number of fused-ring (bicyclic) bond motifs is 1. The number of piperidine rings is 1. The fourth-order valence-corrected chi connectivity index (χ4v) is 3.82. The minimum atomic E-state index is -0.551. The summed E-state index contributed by atoms with van der Waals surface area (Å²) in [6.45, 7) is 6.16. The van der Waals surface area contributed by atoms with Gasteiger partial charge in [-0.1, -0.05) is 13.8 Å². The van der Waals surface area contributed by atoms with E-state index in [1.165, 1.54) is 4.57 Å². The van der Waals surface area contributed by atoms with Crippen LogP contribution in [0, 0.1) is 5.92 Å². The molecule has 0 unspecified atom stereocenters. The number of amides is 1. The number of pyridine rings is 1. The smallest absolute Gasteiger partial charge is 0.330 e. The van der Waals surface area contributed by atoms with E-state index in [4.69, 9.17) is 0 Å². The van der Waals surface area contributed by atoms with Gasteiger partial charge in [-0.05, 0) is 50.8 Å². The molecule has 1 saturated carbocycles. The van der Waals surface area contributed by atoms with Crippen LogP contribution in [0.2, 0.25) is 0 Å². The van der Waals surface area contributed by atoms with Gasteiger partial charge >= 0.3 is 5.69 Å². The van der Waals surface area contributed by atoms with Crippen molar-refractivity contribution in [2.75, 3.05) is 13.1 Å². The SMILES string of the molecule is CC(C)Cn1c(=O)[nH]c(=O)c2c(C(=O)NC3CCNCC3)cc(C3CC3)nc21.Cl.Cl. The summed E-state index contributed by atoms with van der Waals surface area (Å²) in [6.07, 6.45) is 3.76. The number of hydrogen-bond acceptors (Lipinski definition) is 5. The van der Waals surface area contributed by atoms with Gasteiger partial charge in [-0.25, -0.2) is 9.78 Å². The zero-order valence-electron chi connectivity index (χ0n) is 17.2. The number of H-pyrrole nitrogens is 1. The zero-order valence-corrected chi connectivity index (χ0v) is 18.8. The average Bonchev–Trinajstić information content (AvgIpc) is 3.50. The van der Waals surface area contributed by atoms with Crippen LogP contribution in [0.25, 0.3) is 11.0 Å². The van der Waals surface area contributed by atoms with Crippen molar-refractivity contribution in [2.24, 2.45) is 5.92 Å². The Bertz CT molecular complexity index is 1020. The van der Waals surface area contributed by atoms with Crippen molar-refractivity contribution >= 4 is 41.8 Å². The maximum Gasteiger partial charge on any atom is 0.330 e. The van der Waals surface area contributed by atoms with E-state index in [9.17, 15) is 14.4 Å². The molecule has 30 heavy (non-hydrogen) atoms. The van der Waals surface area contributed by atoms with E-state index in [0.29, 0.717) is 23.7 Å². The molecule has 2 aliphatic rings. The molecule has 2 aromatic heterocycles. The van der Waals surface area contributed by atoms with Crippen LogP contribution in [0.15, 0.2) is 15.7 Å². The summed E-state index contributed by atoms with van der Waals surface area (Å²) >= 11 is 0. The van der Waals surface area contributed by atoms with E-state index in [0.717, 1.165) is 44.5 Å². The highest BCUT2D eigenvalue weighted by atomic mass is 35.5. The predicted octanol–water partition coefficient (Wildman–Crippen LogP) is 1.94. The quantitative estimate of drug-likeness (QED) is 0.635. The minimum Gasteiger partial charge on any atom is -0.349 e. The lowest BCUT2D eigenvalue weighted by atomic mass is 10.0. The standard InChI is InChI=1S/C20H27N5O3.2ClH/c1-11(2)10-25-17-16(19(27)24-20(25)28)14(9-15(23-17)12-3-4-12)18(26)22-13-5-7-21-8-6-13;;/h9,11-13,21H,3-8,10H2,1-2H3,(H,22,26)(H,24,27,28);2*1H. The molecule has 1 saturated heterocycles. The van der Waals surface area contributed by atoms with Gasteiger partial charge in [0.1, 0.15) is 0 Å². The molecule has 3 N–H and O–H groups in total. The second kappa shape index (κ2) is 9.94. The van der Waals surface area contributed by atoms with Gasteiger partial charge in [0.2, 0.25) is 0 Å². The molecule has 1 aliphatic heterocycles. The Labute approximate surface area is 187 Å². The molecule has 3 heterocycles. The van der Waals surface area contributed by atoms with Crippen LogP contribution in [-0.4, -0.2) is 39.6 Å². The molecule has 0 spiro atoms. The summed E-state index contributed by atoms with van der Waals surface area (Å²) in [5.41, 5.74) is 0.415. The van der Waals surface area contributed by atoms with Crippen molar-refractivity contribution < 1.29 is 4.79 Å². The highest BCUT2D eigenvalue weighted by molar-refractivity contribution is 6.05. The Morgan fingerprint density at radius 1 is 1.20 bits per heavy atom. The van der Waals surface area contributed by atoms with E-state index >= 15 is 0 Å². The van der Waals surface area contributed by atoms with Crippen molar-refractivity contribution in [3.05, 3.63) is 38.2 Å². The number of aromatic amines is 1. The third-order valence-electron chi connectivity index (χ3n) is 5.43. The highest BCUT2D eigenvalue weighted by Gasteiger charge is 2.29. The minimum absolute atomic E-state index is 0. The second-order valence-electron chi connectivity index (χ2n) is 8.33. The zero-order chi connectivity index (χ0) is 19.8. The lowest BCUT2D eigenvalue weighted by Gasteiger charge is -2.24. The third kappa shape index (κ3) is 5.04. The number of carbonyl (C=O) groups excluding carboxylic acids is 1. The molecule has 1 amide bonds. The first kappa shape index (κ1) is 24.4. The number of aromatic nitrogens is 3. The monoisotopic (exact) mass is 457 g/mol. The summed E-state index contributed by atoms with van der Waals surface area (Å²) < 4.78 is 1.49. The van der Waals surface area contributed by atoms with Gasteiger partial charge in [0, 0.05) is 24.2 Å². The van der Waals surface area contributed by atoms with Gasteiger partial charge in [0.05, 0.1) is 10.9 Å². The first-order chi connectivity index (χ1) is 13.4. The van der Waals surface area contributed by atoms with Gasteiger partial charge in [0.15, 0.2) is 5.65 Å². The van der Waals surface area contributed by atoms with E-state index in [2.05, 4.69) is 20.6 Å². The predicted molar refractivity (Wildman–Crippen MR) is 121 cm³/mol. The van der Waals surface area contributed by atoms with Gasteiger partial charge in [0.25, 0.3) is 11.5 Å². The molecule has 0 radical (unpaired) electrons. The van der Waals surface area contributed by atoms with Crippen LogP contribution in [0.3, 0.4) is 0 Å². The number of carbonyl (C=O) groups is 1. The Hall–Kier alpha value is -1.90. The molecule has 2 aromatic rings. The maximum atomic E-state index is 13.1. The number of rotatable bonds is 5. The number of hydrogen-bond donors (Lipinski definition) is 3. The summed E-state index contributed by atoms with van der Waals surface area (Å²) in [4.78, 5) is 45.2. The normalized spacial score (nSPS) is 16.8. The van der Waals surface area contributed by atoms with E-state index in [1.807, 2.05) is 13.8 Å². The number of nitrogens with zero attached hydrogens (tertiary/aromatic N) is 2. The summed E-state index contributed by atoms with van der Waals surface area (Å²) in [5, 5.41) is 6.55. The fraction of sp³-hybridized carbons (Fsp3) is 0.600. The summed E-state index contributed by atoms with van der Waals surface area (Å²) in [5.74, 6) is 0.239. The molecule has 0 atom stereocenters. The molecule has 0 aromatic carbocycles. The molecule has 10 heteroatoms. The number of halogens is 2. The molecule has 1 aliphatic carbocycles. The summed E-state index contributed by atoms with van der Waals surface area (Å²) in [6, 6.07) is 1.83. The fourth-order valence-electron chi connectivity index (χ4n) is 3.82. The molecule has 0 bridgehead atoms.